The number of aliphatic carboxylic acids is 1. The molecule has 0 atom stereocenters. The molecule has 7 heteroatoms. The average molecular weight is 226 g/mol. The zero-order valence-electron chi connectivity index (χ0n) is 8.71. The first kappa shape index (κ1) is 11.9. The van der Waals surface area contributed by atoms with E-state index in [2.05, 4.69) is 0 Å². The van der Waals surface area contributed by atoms with Crippen molar-refractivity contribution in [3.05, 3.63) is 38.8 Å². The molecule has 0 aliphatic rings. The zero-order chi connectivity index (χ0) is 12.5. The number of carboxylic acids is 1. The van der Waals surface area contributed by atoms with Gasteiger partial charge in [0.05, 0.1) is 11.1 Å². The number of pyridine rings is 1. The van der Waals surface area contributed by atoms with Crippen LogP contribution in [0.5, 0.6) is 0 Å². The molecule has 0 saturated carbocycles. The highest BCUT2D eigenvalue weighted by Crippen LogP contribution is 2.16. The minimum atomic E-state index is -1.52. The molecule has 0 saturated heterocycles. The number of nitro groups is 1. The van der Waals surface area contributed by atoms with Gasteiger partial charge in [0, 0.05) is 12.1 Å². The Labute approximate surface area is 90.1 Å². The summed E-state index contributed by atoms with van der Waals surface area (Å²) in [6, 6.07) is 2.01. The quantitative estimate of drug-likeness (QED) is 0.599. The molecule has 0 aromatic carbocycles. The summed E-state index contributed by atoms with van der Waals surface area (Å²) in [5.74, 6) is -1.24. The molecule has 1 rings (SSSR count). The normalized spacial score (nSPS) is 11.1. The Morgan fingerprint density at radius 1 is 1.50 bits per heavy atom. The van der Waals surface area contributed by atoms with Gasteiger partial charge in [0.1, 0.15) is 5.54 Å². The highest BCUT2D eigenvalue weighted by atomic mass is 16.6. The fraction of sp³-hybridized carbons (Fsp3) is 0.333. The maximum absolute atomic E-state index is 11.4. The molecule has 1 heterocycles. The average Bonchev–Trinajstić information content (AvgIpc) is 2.17. The van der Waals surface area contributed by atoms with E-state index in [0.717, 1.165) is 22.9 Å². The molecule has 1 N–H and O–H groups in total. The van der Waals surface area contributed by atoms with Gasteiger partial charge in [0.2, 0.25) is 0 Å². The Morgan fingerprint density at radius 3 is 2.50 bits per heavy atom. The van der Waals surface area contributed by atoms with Crippen molar-refractivity contribution < 1.29 is 14.8 Å². The molecule has 0 unspecified atom stereocenters. The highest BCUT2D eigenvalue weighted by molar-refractivity contribution is 5.75. The number of hydrogen-bond donors (Lipinski definition) is 1. The van der Waals surface area contributed by atoms with Crippen LogP contribution in [0.25, 0.3) is 0 Å². The van der Waals surface area contributed by atoms with Crippen LogP contribution in [0.4, 0.5) is 5.69 Å². The van der Waals surface area contributed by atoms with E-state index in [4.69, 9.17) is 5.11 Å². The number of carbonyl (C=O) groups is 1. The molecule has 0 aliphatic carbocycles. The molecule has 0 amide bonds. The molecule has 1 aromatic heterocycles. The Morgan fingerprint density at radius 2 is 2.06 bits per heavy atom. The van der Waals surface area contributed by atoms with E-state index in [1.165, 1.54) is 13.8 Å². The van der Waals surface area contributed by atoms with Gasteiger partial charge in [-0.2, -0.15) is 0 Å². The van der Waals surface area contributed by atoms with Crippen LogP contribution in [-0.4, -0.2) is 20.6 Å². The van der Waals surface area contributed by atoms with Gasteiger partial charge < -0.3 is 5.11 Å². The van der Waals surface area contributed by atoms with Gasteiger partial charge in [-0.05, 0) is 13.8 Å². The van der Waals surface area contributed by atoms with E-state index in [-0.39, 0.29) is 5.69 Å². The third kappa shape index (κ3) is 1.92. The van der Waals surface area contributed by atoms with Crippen LogP contribution in [0.15, 0.2) is 23.1 Å². The van der Waals surface area contributed by atoms with Crippen LogP contribution >= 0.6 is 0 Å². The van der Waals surface area contributed by atoms with Gasteiger partial charge in [0.25, 0.3) is 11.2 Å². The number of aromatic nitrogens is 1. The summed E-state index contributed by atoms with van der Waals surface area (Å²) in [5, 5.41) is 19.4. The van der Waals surface area contributed by atoms with Gasteiger partial charge >= 0.3 is 5.97 Å². The van der Waals surface area contributed by atoms with Crippen LogP contribution in [0, 0.1) is 10.1 Å². The summed E-state index contributed by atoms with van der Waals surface area (Å²) in [5.41, 5.74) is -2.45. The van der Waals surface area contributed by atoms with E-state index >= 15 is 0 Å². The number of hydrogen-bond acceptors (Lipinski definition) is 4. The van der Waals surface area contributed by atoms with Crippen LogP contribution in [0.2, 0.25) is 0 Å². The summed E-state index contributed by atoms with van der Waals surface area (Å²) < 4.78 is 0.827. The van der Waals surface area contributed by atoms with Gasteiger partial charge in [-0.1, -0.05) is 0 Å². The topological polar surface area (TPSA) is 102 Å². The van der Waals surface area contributed by atoms with E-state index < -0.39 is 22.0 Å². The standard InChI is InChI=1S/C9H10N2O5/c1-9(2,8(13)14)10-5-6(11(15)16)3-4-7(10)12/h3-5H,1-2H3,(H,13,14). The first-order chi connectivity index (χ1) is 7.26. The SMILES string of the molecule is CC(C)(C(=O)O)n1cc([N+](=O)[O-])ccc1=O. The van der Waals surface area contributed by atoms with Crippen LogP contribution in [-0.2, 0) is 10.3 Å². The summed E-state index contributed by atoms with van der Waals surface area (Å²) >= 11 is 0. The summed E-state index contributed by atoms with van der Waals surface area (Å²) in [6.45, 7) is 2.58. The van der Waals surface area contributed by atoms with Crippen molar-refractivity contribution in [2.45, 2.75) is 19.4 Å². The van der Waals surface area contributed by atoms with Crippen molar-refractivity contribution in [2.24, 2.45) is 0 Å². The molecule has 0 aliphatic heterocycles. The second kappa shape index (κ2) is 3.76. The number of rotatable bonds is 3. The molecule has 86 valence electrons. The Hall–Kier alpha value is -2.18. The maximum atomic E-state index is 11.4. The smallest absolute Gasteiger partial charge is 0.329 e. The fourth-order valence-corrected chi connectivity index (χ4v) is 1.12. The lowest BCUT2D eigenvalue weighted by Gasteiger charge is -2.21. The largest absolute Gasteiger partial charge is 0.480 e. The lowest BCUT2D eigenvalue weighted by molar-refractivity contribution is -0.385. The van der Waals surface area contributed by atoms with E-state index in [1.807, 2.05) is 0 Å². The van der Waals surface area contributed by atoms with Gasteiger partial charge in [-0.15, -0.1) is 0 Å². The van der Waals surface area contributed by atoms with Crippen molar-refractivity contribution in [1.29, 1.82) is 0 Å². The van der Waals surface area contributed by atoms with Crippen LogP contribution in [0.1, 0.15) is 13.8 Å². The first-order valence-corrected chi connectivity index (χ1v) is 4.38. The zero-order valence-corrected chi connectivity index (χ0v) is 8.71. The summed E-state index contributed by atoms with van der Waals surface area (Å²) in [6.07, 6.45) is 0.927. The molecule has 7 nitrogen and oxygen atoms in total. The lowest BCUT2D eigenvalue weighted by atomic mass is 10.1. The molecule has 0 fully saturated rings. The Balaban J connectivity index is 3.44. The minimum absolute atomic E-state index is 0.325. The second-order valence-electron chi connectivity index (χ2n) is 3.72. The van der Waals surface area contributed by atoms with Crippen LogP contribution < -0.4 is 5.56 Å². The van der Waals surface area contributed by atoms with E-state index in [1.54, 1.807) is 0 Å². The molecular formula is C9H10N2O5. The Kier molecular flexibility index (Phi) is 2.80. The molecule has 16 heavy (non-hydrogen) atoms. The minimum Gasteiger partial charge on any atom is -0.480 e. The predicted molar refractivity (Wildman–Crippen MR) is 54.3 cm³/mol. The van der Waals surface area contributed by atoms with E-state index in [9.17, 15) is 19.7 Å². The van der Waals surface area contributed by atoms with Gasteiger partial charge in [0.15, 0.2) is 0 Å². The summed E-state index contributed by atoms with van der Waals surface area (Å²) in [4.78, 5) is 32.2. The van der Waals surface area contributed by atoms with Crippen molar-refractivity contribution in [1.82, 2.24) is 4.57 Å². The molecule has 0 radical (unpaired) electrons. The maximum Gasteiger partial charge on any atom is 0.329 e. The number of carboxylic acid groups (broad SMARTS) is 1. The molecule has 0 spiro atoms. The van der Waals surface area contributed by atoms with Crippen molar-refractivity contribution >= 4 is 11.7 Å². The van der Waals surface area contributed by atoms with Crippen molar-refractivity contribution in [3.8, 4) is 0 Å². The molecule has 0 bridgehead atoms. The second-order valence-corrected chi connectivity index (χ2v) is 3.72. The highest BCUT2D eigenvalue weighted by Gasteiger charge is 2.31. The Bertz CT molecular complexity index is 503. The molecule has 1 aromatic rings. The predicted octanol–water partition coefficient (Wildman–Crippen LogP) is 0.576. The summed E-state index contributed by atoms with van der Waals surface area (Å²) in [7, 11) is 0. The molecular weight excluding hydrogens is 216 g/mol. The van der Waals surface area contributed by atoms with Crippen LogP contribution in [0.3, 0.4) is 0 Å². The number of nitrogens with zero attached hydrogens (tertiary/aromatic N) is 2. The first-order valence-electron chi connectivity index (χ1n) is 4.38. The van der Waals surface area contributed by atoms with E-state index in [0.29, 0.717) is 0 Å². The van der Waals surface area contributed by atoms with Crippen molar-refractivity contribution in [3.63, 3.8) is 0 Å². The van der Waals surface area contributed by atoms with Gasteiger partial charge in [-0.25, -0.2) is 4.79 Å². The third-order valence-corrected chi connectivity index (χ3v) is 2.23. The third-order valence-electron chi connectivity index (χ3n) is 2.23. The monoisotopic (exact) mass is 226 g/mol. The van der Waals surface area contributed by atoms with Gasteiger partial charge in [-0.3, -0.25) is 19.5 Å². The van der Waals surface area contributed by atoms with Crippen molar-refractivity contribution in [2.75, 3.05) is 0 Å². The lowest BCUT2D eigenvalue weighted by Crippen LogP contribution is -2.42. The fourth-order valence-electron chi connectivity index (χ4n) is 1.12.